The molecule has 0 aromatic heterocycles. The number of nitrogens with one attached hydrogen (secondary N) is 2. The Kier molecular flexibility index (Phi) is 4.84. The molecule has 0 aliphatic heterocycles. The molecule has 0 saturated heterocycles. The molecule has 2 N–H and O–H groups in total. The van der Waals surface area contributed by atoms with E-state index in [1.165, 1.54) is 19.3 Å². The Labute approximate surface area is 99.2 Å². The van der Waals surface area contributed by atoms with Crippen molar-refractivity contribution in [2.24, 2.45) is 11.8 Å². The van der Waals surface area contributed by atoms with Crippen LogP contribution in [0.5, 0.6) is 0 Å². The monoisotopic (exact) mass is 228 g/mol. The average Bonchev–Trinajstić information content (AvgIpc) is 2.46. The SMILES string of the molecule is CCC1CCC(NC(=S)NC(C)C)C1C. The molecule has 0 spiro atoms. The molecule has 1 rings (SSSR count). The third-order valence-electron chi connectivity index (χ3n) is 3.49. The van der Waals surface area contributed by atoms with Crippen LogP contribution in [-0.2, 0) is 0 Å². The minimum Gasteiger partial charge on any atom is -0.361 e. The Morgan fingerprint density at radius 1 is 1.40 bits per heavy atom. The van der Waals surface area contributed by atoms with Gasteiger partial charge in [0.2, 0.25) is 0 Å². The van der Waals surface area contributed by atoms with Crippen molar-refractivity contribution in [3.05, 3.63) is 0 Å². The Hall–Kier alpha value is -0.310. The lowest BCUT2D eigenvalue weighted by molar-refractivity contribution is 0.367. The number of hydrogen-bond donors (Lipinski definition) is 2. The van der Waals surface area contributed by atoms with E-state index in [1.807, 2.05) is 0 Å². The van der Waals surface area contributed by atoms with Crippen molar-refractivity contribution >= 4 is 17.3 Å². The summed E-state index contributed by atoms with van der Waals surface area (Å²) in [5, 5.41) is 7.51. The largest absolute Gasteiger partial charge is 0.361 e. The maximum absolute atomic E-state index is 5.27. The van der Waals surface area contributed by atoms with Crippen LogP contribution in [0.15, 0.2) is 0 Å². The number of rotatable bonds is 3. The summed E-state index contributed by atoms with van der Waals surface area (Å²) in [7, 11) is 0. The second-order valence-electron chi connectivity index (χ2n) is 4.98. The van der Waals surface area contributed by atoms with Crippen molar-refractivity contribution in [3.8, 4) is 0 Å². The third-order valence-corrected chi connectivity index (χ3v) is 3.72. The minimum atomic E-state index is 0.420. The highest BCUT2D eigenvalue weighted by Gasteiger charge is 2.31. The van der Waals surface area contributed by atoms with Gasteiger partial charge < -0.3 is 10.6 Å². The number of thiocarbonyl (C=S) groups is 1. The van der Waals surface area contributed by atoms with Gasteiger partial charge in [0, 0.05) is 12.1 Å². The molecule has 3 atom stereocenters. The van der Waals surface area contributed by atoms with E-state index in [0.717, 1.165) is 16.9 Å². The molecular formula is C12H24N2S. The molecule has 0 heterocycles. The van der Waals surface area contributed by atoms with Gasteiger partial charge in [-0.2, -0.15) is 0 Å². The molecule has 0 amide bonds. The van der Waals surface area contributed by atoms with Crippen LogP contribution < -0.4 is 10.6 Å². The maximum Gasteiger partial charge on any atom is 0.166 e. The molecule has 88 valence electrons. The van der Waals surface area contributed by atoms with Crippen LogP contribution in [0.4, 0.5) is 0 Å². The first kappa shape index (κ1) is 12.8. The normalized spacial score (nSPS) is 30.6. The molecule has 0 aromatic carbocycles. The molecule has 3 unspecified atom stereocenters. The first-order valence-corrected chi connectivity index (χ1v) is 6.52. The standard InChI is InChI=1S/C12H24N2S/c1-5-10-6-7-11(9(10)4)14-12(15)13-8(2)3/h8-11H,5-7H2,1-4H3,(H2,13,14,15). The van der Waals surface area contributed by atoms with Crippen molar-refractivity contribution in [1.82, 2.24) is 10.6 Å². The van der Waals surface area contributed by atoms with E-state index < -0.39 is 0 Å². The van der Waals surface area contributed by atoms with Gasteiger partial charge in [-0.25, -0.2) is 0 Å². The lowest BCUT2D eigenvalue weighted by Gasteiger charge is -2.23. The summed E-state index contributed by atoms with van der Waals surface area (Å²) >= 11 is 5.27. The van der Waals surface area contributed by atoms with E-state index in [-0.39, 0.29) is 0 Å². The molecular weight excluding hydrogens is 204 g/mol. The second-order valence-corrected chi connectivity index (χ2v) is 5.39. The lowest BCUT2D eigenvalue weighted by atomic mass is 9.94. The van der Waals surface area contributed by atoms with Gasteiger partial charge in [-0.3, -0.25) is 0 Å². The summed E-state index contributed by atoms with van der Waals surface area (Å²) in [5.74, 6) is 1.63. The fraction of sp³-hybridized carbons (Fsp3) is 0.917. The molecule has 0 aromatic rings. The maximum atomic E-state index is 5.27. The first-order chi connectivity index (χ1) is 7.04. The fourth-order valence-corrected chi connectivity index (χ4v) is 2.89. The lowest BCUT2D eigenvalue weighted by Crippen LogP contribution is -2.45. The summed E-state index contributed by atoms with van der Waals surface area (Å²) in [5.41, 5.74) is 0. The van der Waals surface area contributed by atoms with Crippen LogP contribution in [0.3, 0.4) is 0 Å². The average molecular weight is 228 g/mol. The van der Waals surface area contributed by atoms with Gasteiger partial charge in [0.15, 0.2) is 5.11 Å². The van der Waals surface area contributed by atoms with Crippen molar-refractivity contribution < 1.29 is 0 Å². The van der Waals surface area contributed by atoms with E-state index in [2.05, 4.69) is 38.3 Å². The van der Waals surface area contributed by atoms with E-state index >= 15 is 0 Å². The van der Waals surface area contributed by atoms with E-state index in [4.69, 9.17) is 12.2 Å². The van der Waals surface area contributed by atoms with Crippen LogP contribution in [0.25, 0.3) is 0 Å². The van der Waals surface area contributed by atoms with Crippen molar-refractivity contribution in [2.45, 2.75) is 59.0 Å². The molecule has 1 saturated carbocycles. The van der Waals surface area contributed by atoms with Crippen LogP contribution in [-0.4, -0.2) is 17.2 Å². The van der Waals surface area contributed by atoms with E-state index in [1.54, 1.807) is 0 Å². The highest BCUT2D eigenvalue weighted by molar-refractivity contribution is 7.80. The third kappa shape index (κ3) is 3.63. The second kappa shape index (κ2) is 5.69. The summed E-state index contributed by atoms with van der Waals surface area (Å²) in [6.07, 6.45) is 3.91. The Morgan fingerprint density at radius 3 is 2.53 bits per heavy atom. The zero-order chi connectivity index (χ0) is 11.4. The van der Waals surface area contributed by atoms with Crippen molar-refractivity contribution in [2.75, 3.05) is 0 Å². The molecule has 0 radical (unpaired) electrons. The Morgan fingerprint density at radius 2 is 2.07 bits per heavy atom. The van der Waals surface area contributed by atoms with Gasteiger partial charge in [-0.1, -0.05) is 20.3 Å². The summed E-state index contributed by atoms with van der Waals surface area (Å²) < 4.78 is 0. The summed E-state index contributed by atoms with van der Waals surface area (Å²) in [6.45, 7) is 8.85. The van der Waals surface area contributed by atoms with Gasteiger partial charge in [-0.05, 0) is 50.7 Å². The quantitative estimate of drug-likeness (QED) is 0.726. The molecule has 1 aliphatic carbocycles. The molecule has 3 heteroatoms. The Bertz CT molecular complexity index is 216. The van der Waals surface area contributed by atoms with Crippen LogP contribution >= 0.6 is 12.2 Å². The van der Waals surface area contributed by atoms with Gasteiger partial charge in [0.05, 0.1) is 0 Å². The van der Waals surface area contributed by atoms with Crippen LogP contribution in [0.2, 0.25) is 0 Å². The highest BCUT2D eigenvalue weighted by Crippen LogP contribution is 2.33. The van der Waals surface area contributed by atoms with E-state index in [9.17, 15) is 0 Å². The fourth-order valence-electron chi connectivity index (χ4n) is 2.50. The molecule has 1 fully saturated rings. The first-order valence-electron chi connectivity index (χ1n) is 6.11. The van der Waals surface area contributed by atoms with Crippen LogP contribution in [0, 0.1) is 11.8 Å². The zero-order valence-electron chi connectivity index (χ0n) is 10.3. The van der Waals surface area contributed by atoms with Crippen molar-refractivity contribution in [1.29, 1.82) is 0 Å². The minimum absolute atomic E-state index is 0.420. The molecule has 2 nitrogen and oxygen atoms in total. The molecule has 1 aliphatic rings. The highest BCUT2D eigenvalue weighted by atomic mass is 32.1. The van der Waals surface area contributed by atoms with Crippen LogP contribution in [0.1, 0.15) is 47.0 Å². The number of hydrogen-bond acceptors (Lipinski definition) is 1. The Balaban J connectivity index is 2.36. The summed E-state index contributed by atoms with van der Waals surface area (Å²) in [6, 6.07) is 0.998. The summed E-state index contributed by atoms with van der Waals surface area (Å²) in [4.78, 5) is 0. The zero-order valence-corrected chi connectivity index (χ0v) is 11.2. The van der Waals surface area contributed by atoms with Gasteiger partial charge in [0.1, 0.15) is 0 Å². The van der Waals surface area contributed by atoms with Crippen molar-refractivity contribution in [3.63, 3.8) is 0 Å². The van der Waals surface area contributed by atoms with Gasteiger partial charge >= 0.3 is 0 Å². The van der Waals surface area contributed by atoms with E-state index in [0.29, 0.717) is 12.1 Å². The van der Waals surface area contributed by atoms with Gasteiger partial charge in [-0.15, -0.1) is 0 Å². The predicted octanol–water partition coefficient (Wildman–Crippen LogP) is 2.68. The topological polar surface area (TPSA) is 24.1 Å². The molecule has 0 bridgehead atoms. The molecule has 15 heavy (non-hydrogen) atoms. The van der Waals surface area contributed by atoms with Gasteiger partial charge in [0.25, 0.3) is 0 Å². The predicted molar refractivity (Wildman–Crippen MR) is 70.0 cm³/mol. The smallest absolute Gasteiger partial charge is 0.166 e.